The fourth-order valence-corrected chi connectivity index (χ4v) is 5.30. The van der Waals surface area contributed by atoms with Gasteiger partial charge in [0.15, 0.2) is 5.84 Å². The highest BCUT2D eigenvalue weighted by Gasteiger charge is 2.25. The number of hydrogen-bond donors (Lipinski definition) is 2. The summed E-state index contributed by atoms with van der Waals surface area (Å²) in [6.07, 6.45) is 12.0. The van der Waals surface area contributed by atoms with Gasteiger partial charge in [0, 0.05) is 42.4 Å². The topological polar surface area (TPSA) is 110 Å². The van der Waals surface area contributed by atoms with Crippen molar-refractivity contribution in [2.24, 2.45) is 4.99 Å². The molecule has 1 fully saturated rings. The van der Waals surface area contributed by atoms with Crippen molar-refractivity contribution in [3.05, 3.63) is 77.3 Å². The first kappa shape index (κ1) is 25.4. The van der Waals surface area contributed by atoms with E-state index in [4.69, 9.17) is 5.26 Å². The van der Waals surface area contributed by atoms with Gasteiger partial charge in [-0.2, -0.15) is 5.26 Å². The second kappa shape index (κ2) is 11.9. The molecule has 0 saturated carbocycles. The van der Waals surface area contributed by atoms with Crippen LogP contribution in [-0.2, 0) is 16.0 Å². The lowest BCUT2D eigenvalue weighted by atomic mass is 9.85. The molecular weight excluding hydrogens is 476 g/mol. The number of aromatic nitrogens is 1. The van der Waals surface area contributed by atoms with Crippen molar-refractivity contribution in [1.82, 2.24) is 15.2 Å². The number of carbonyl (C=O) groups excluding carboxylic acids is 2. The lowest BCUT2D eigenvalue weighted by Crippen LogP contribution is -2.39. The minimum atomic E-state index is -0.316. The molecule has 0 bridgehead atoms. The molecule has 0 atom stereocenters. The van der Waals surface area contributed by atoms with Crippen LogP contribution in [0.25, 0.3) is 5.57 Å². The molecule has 8 nitrogen and oxygen atoms in total. The van der Waals surface area contributed by atoms with Crippen LogP contribution >= 0.6 is 0 Å². The van der Waals surface area contributed by atoms with Crippen molar-refractivity contribution < 1.29 is 9.59 Å². The number of allylic oxidation sites excluding steroid dienone is 2. The van der Waals surface area contributed by atoms with E-state index in [1.54, 1.807) is 6.20 Å². The minimum absolute atomic E-state index is 0.129. The van der Waals surface area contributed by atoms with E-state index in [0.29, 0.717) is 17.9 Å². The van der Waals surface area contributed by atoms with E-state index in [-0.39, 0.29) is 24.2 Å². The zero-order chi connectivity index (χ0) is 26.3. The Hall–Kier alpha value is -4.25. The Morgan fingerprint density at radius 2 is 2.03 bits per heavy atom. The van der Waals surface area contributed by atoms with Crippen molar-refractivity contribution in [3.63, 3.8) is 0 Å². The van der Waals surface area contributed by atoms with Gasteiger partial charge in [-0.05, 0) is 79.8 Å². The third-order valence-corrected chi connectivity index (χ3v) is 7.46. The summed E-state index contributed by atoms with van der Waals surface area (Å²) in [4.78, 5) is 36.2. The van der Waals surface area contributed by atoms with E-state index in [1.807, 2.05) is 29.2 Å². The second-order valence-electron chi connectivity index (χ2n) is 9.98. The average Bonchev–Trinajstić information content (AvgIpc) is 2.98. The second-order valence-corrected chi connectivity index (χ2v) is 9.98. The Morgan fingerprint density at radius 1 is 1.16 bits per heavy atom. The third kappa shape index (κ3) is 6.00. The van der Waals surface area contributed by atoms with Gasteiger partial charge in [-0.1, -0.05) is 18.2 Å². The number of aliphatic imine (C=N–C) groups is 1. The standard InChI is InChI=1S/C30H32N6O2/c31-18-21-19-33-29(34-20-21)30(38)35-27-10-9-24(16-26(27)23-6-2-1-3-7-23)22-11-14-36(15-12-22)28(37)17-25-8-4-5-13-32-25/h4-6,8-10,13,16,19,22H,1-3,7,11-12,14-15,17,20H2,(H,33,34)(H,35,38). The molecule has 1 saturated heterocycles. The van der Waals surface area contributed by atoms with Crippen molar-refractivity contribution in [2.45, 2.75) is 50.9 Å². The normalized spacial score (nSPS) is 17.9. The van der Waals surface area contributed by atoms with Crippen molar-refractivity contribution in [2.75, 3.05) is 25.0 Å². The predicted octanol–water partition coefficient (Wildman–Crippen LogP) is 4.34. The molecule has 1 aromatic carbocycles. The maximum Gasteiger partial charge on any atom is 0.291 e. The molecule has 2 aliphatic heterocycles. The molecule has 1 aliphatic carbocycles. The van der Waals surface area contributed by atoms with Gasteiger partial charge in [0.25, 0.3) is 5.91 Å². The van der Waals surface area contributed by atoms with E-state index in [0.717, 1.165) is 62.1 Å². The third-order valence-electron chi connectivity index (χ3n) is 7.46. The molecule has 2 aromatic rings. The van der Waals surface area contributed by atoms with Gasteiger partial charge >= 0.3 is 0 Å². The van der Waals surface area contributed by atoms with E-state index in [9.17, 15) is 9.59 Å². The van der Waals surface area contributed by atoms with Crippen molar-refractivity contribution in [1.29, 1.82) is 5.26 Å². The molecule has 0 unspecified atom stereocenters. The van der Waals surface area contributed by atoms with Crippen LogP contribution in [0, 0.1) is 11.3 Å². The monoisotopic (exact) mass is 508 g/mol. The lowest BCUT2D eigenvalue weighted by molar-refractivity contribution is -0.131. The van der Waals surface area contributed by atoms with Gasteiger partial charge < -0.3 is 15.5 Å². The number of carbonyl (C=O) groups is 2. The summed E-state index contributed by atoms with van der Waals surface area (Å²) in [5.74, 6) is 0.382. The molecule has 0 spiro atoms. The molecule has 2 N–H and O–H groups in total. The number of nitriles is 1. The van der Waals surface area contributed by atoms with Crippen molar-refractivity contribution >= 4 is 28.9 Å². The summed E-state index contributed by atoms with van der Waals surface area (Å²) in [5.41, 5.74) is 5.64. The van der Waals surface area contributed by atoms with Gasteiger partial charge in [0.1, 0.15) is 0 Å². The Labute approximate surface area is 223 Å². The fraction of sp³-hybridized carbons (Fsp3) is 0.367. The number of rotatable bonds is 6. The Bertz CT molecular complexity index is 1330. The summed E-state index contributed by atoms with van der Waals surface area (Å²) in [5, 5.41) is 14.9. The highest BCUT2D eigenvalue weighted by molar-refractivity contribution is 6.42. The van der Waals surface area contributed by atoms with E-state index >= 15 is 0 Å². The molecule has 3 heterocycles. The predicted molar refractivity (Wildman–Crippen MR) is 147 cm³/mol. The van der Waals surface area contributed by atoms with E-state index in [2.05, 4.69) is 44.9 Å². The van der Waals surface area contributed by atoms with Gasteiger partial charge in [0.2, 0.25) is 5.91 Å². The minimum Gasteiger partial charge on any atom is -0.342 e. The summed E-state index contributed by atoms with van der Waals surface area (Å²) in [7, 11) is 0. The highest BCUT2D eigenvalue weighted by atomic mass is 16.2. The van der Waals surface area contributed by atoms with Gasteiger partial charge in [-0.25, -0.2) is 0 Å². The number of amidine groups is 1. The summed E-state index contributed by atoms with van der Waals surface area (Å²) in [6, 6.07) is 14.0. The quantitative estimate of drug-likeness (QED) is 0.603. The molecule has 38 heavy (non-hydrogen) atoms. The van der Waals surface area contributed by atoms with Crippen LogP contribution in [0.2, 0.25) is 0 Å². The number of nitrogens with one attached hydrogen (secondary N) is 2. The first-order valence-electron chi connectivity index (χ1n) is 13.3. The van der Waals surface area contributed by atoms with Crippen molar-refractivity contribution in [3.8, 4) is 6.07 Å². The largest absolute Gasteiger partial charge is 0.342 e. The maximum atomic E-state index is 12.9. The number of anilines is 1. The number of amides is 2. The molecule has 8 heteroatoms. The highest BCUT2D eigenvalue weighted by Crippen LogP contribution is 2.36. The van der Waals surface area contributed by atoms with Crippen LogP contribution in [0.1, 0.15) is 61.3 Å². The number of hydrogen-bond acceptors (Lipinski definition) is 6. The Balaban J connectivity index is 1.28. The first-order chi connectivity index (χ1) is 18.6. The van der Waals surface area contributed by atoms with Crippen LogP contribution < -0.4 is 10.6 Å². The SMILES string of the molecule is N#CC1=CNC(C(=O)Nc2ccc(C3CCN(C(=O)Cc4ccccn4)CC3)cc2C2=CCCCC2)=NC1. The van der Waals surface area contributed by atoms with Crippen LogP contribution in [0.5, 0.6) is 0 Å². The molecule has 2 amide bonds. The smallest absolute Gasteiger partial charge is 0.291 e. The summed E-state index contributed by atoms with van der Waals surface area (Å²) >= 11 is 0. The average molecular weight is 509 g/mol. The number of pyridine rings is 1. The molecule has 5 rings (SSSR count). The number of likely N-dealkylation sites (tertiary alicyclic amines) is 1. The zero-order valence-corrected chi connectivity index (χ0v) is 21.4. The van der Waals surface area contributed by atoms with Gasteiger partial charge in [0.05, 0.1) is 24.6 Å². The fourth-order valence-electron chi connectivity index (χ4n) is 5.30. The summed E-state index contributed by atoms with van der Waals surface area (Å²) in [6.45, 7) is 1.67. The molecule has 1 aromatic heterocycles. The zero-order valence-electron chi connectivity index (χ0n) is 21.4. The van der Waals surface area contributed by atoms with Crippen LogP contribution in [0.3, 0.4) is 0 Å². The van der Waals surface area contributed by atoms with Gasteiger partial charge in [-0.15, -0.1) is 0 Å². The number of piperidine rings is 1. The Morgan fingerprint density at radius 3 is 2.71 bits per heavy atom. The van der Waals surface area contributed by atoms with Crippen LogP contribution in [0.4, 0.5) is 5.69 Å². The number of nitrogens with zero attached hydrogens (tertiary/aromatic N) is 4. The maximum absolute atomic E-state index is 12.9. The number of benzene rings is 1. The lowest BCUT2D eigenvalue weighted by Gasteiger charge is -2.33. The van der Waals surface area contributed by atoms with Crippen LogP contribution in [0.15, 0.2) is 65.4 Å². The van der Waals surface area contributed by atoms with E-state index < -0.39 is 0 Å². The van der Waals surface area contributed by atoms with Crippen LogP contribution in [-0.4, -0.2) is 47.2 Å². The molecule has 194 valence electrons. The first-order valence-corrected chi connectivity index (χ1v) is 13.3. The molecule has 3 aliphatic rings. The van der Waals surface area contributed by atoms with E-state index in [1.165, 1.54) is 23.8 Å². The molecular formula is C30H32N6O2. The molecule has 0 radical (unpaired) electrons. The Kier molecular flexibility index (Phi) is 7.93. The summed E-state index contributed by atoms with van der Waals surface area (Å²) < 4.78 is 0. The van der Waals surface area contributed by atoms with Gasteiger partial charge in [-0.3, -0.25) is 19.6 Å².